The number of nitrogens with zero attached hydrogens (tertiary/aromatic N) is 3. The van der Waals surface area contributed by atoms with Gasteiger partial charge in [-0.15, -0.1) is 0 Å². The van der Waals surface area contributed by atoms with E-state index in [1.807, 2.05) is 0 Å². The maximum atomic E-state index is 12.3. The fourth-order valence-electron chi connectivity index (χ4n) is 2.80. The fraction of sp³-hybridized carbons (Fsp3) is 0.143. The highest BCUT2D eigenvalue weighted by Gasteiger charge is 2.13. The Morgan fingerprint density at radius 2 is 1.86 bits per heavy atom. The van der Waals surface area contributed by atoms with Gasteiger partial charge in [-0.3, -0.25) is 9.78 Å². The Labute approximate surface area is 166 Å². The molecule has 0 radical (unpaired) electrons. The van der Waals surface area contributed by atoms with Crippen LogP contribution in [0.2, 0.25) is 0 Å². The van der Waals surface area contributed by atoms with Gasteiger partial charge in [0.15, 0.2) is 22.7 Å². The topological polar surface area (TPSA) is 96.6 Å². The van der Waals surface area contributed by atoms with Crippen molar-refractivity contribution in [1.29, 1.82) is 0 Å². The molecule has 146 valence electrons. The maximum Gasteiger partial charge on any atom is 0.317 e. The van der Waals surface area contributed by atoms with E-state index in [-0.39, 0.29) is 6.42 Å². The number of benzene rings is 1. The van der Waals surface area contributed by atoms with Crippen molar-refractivity contribution in [3.05, 3.63) is 60.6 Å². The summed E-state index contributed by atoms with van der Waals surface area (Å²) in [6.07, 6.45) is 3.23. The minimum absolute atomic E-state index is 0.0132. The van der Waals surface area contributed by atoms with E-state index in [1.54, 1.807) is 54.9 Å². The zero-order chi connectivity index (χ0) is 20.2. The molecule has 0 bridgehead atoms. The molecular weight excluding hydrogens is 374 g/mol. The first-order chi connectivity index (χ1) is 14.2. The van der Waals surface area contributed by atoms with Crippen LogP contribution in [0.5, 0.6) is 17.2 Å². The van der Waals surface area contributed by atoms with E-state index < -0.39 is 5.97 Å². The Hall–Kier alpha value is -3.94. The summed E-state index contributed by atoms with van der Waals surface area (Å²) in [5.74, 6) is 1.34. The van der Waals surface area contributed by atoms with Crippen molar-refractivity contribution in [2.45, 2.75) is 6.42 Å². The molecule has 0 aliphatic heterocycles. The van der Waals surface area contributed by atoms with Crippen LogP contribution < -0.4 is 14.2 Å². The molecule has 4 aromatic rings. The van der Waals surface area contributed by atoms with Crippen molar-refractivity contribution in [2.24, 2.45) is 0 Å². The third kappa shape index (κ3) is 4.01. The van der Waals surface area contributed by atoms with E-state index in [0.29, 0.717) is 45.6 Å². The van der Waals surface area contributed by atoms with Gasteiger partial charge in [-0.2, -0.15) is 4.98 Å². The van der Waals surface area contributed by atoms with E-state index >= 15 is 0 Å². The summed E-state index contributed by atoms with van der Waals surface area (Å²) in [5, 5.41) is 0. The highest BCUT2D eigenvalue weighted by Crippen LogP contribution is 2.31. The SMILES string of the molecule is COc1ccc(OC(=O)Cc2cc(-c3nc4ncccc4o3)ccn2)cc1OC. The average molecular weight is 391 g/mol. The summed E-state index contributed by atoms with van der Waals surface area (Å²) in [5.41, 5.74) is 2.34. The van der Waals surface area contributed by atoms with Gasteiger partial charge in [0, 0.05) is 24.0 Å². The molecule has 0 saturated heterocycles. The summed E-state index contributed by atoms with van der Waals surface area (Å²) < 4.78 is 21.5. The van der Waals surface area contributed by atoms with Crippen LogP contribution in [0.25, 0.3) is 22.7 Å². The van der Waals surface area contributed by atoms with E-state index in [9.17, 15) is 4.79 Å². The van der Waals surface area contributed by atoms with E-state index in [1.165, 1.54) is 14.2 Å². The monoisotopic (exact) mass is 391 g/mol. The van der Waals surface area contributed by atoms with Crippen molar-refractivity contribution >= 4 is 17.2 Å². The molecule has 8 nitrogen and oxygen atoms in total. The Morgan fingerprint density at radius 1 is 1.00 bits per heavy atom. The molecule has 0 fully saturated rings. The van der Waals surface area contributed by atoms with Crippen molar-refractivity contribution in [1.82, 2.24) is 15.0 Å². The second-order valence-electron chi connectivity index (χ2n) is 6.05. The van der Waals surface area contributed by atoms with Crippen LogP contribution in [0.4, 0.5) is 0 Å². The second kappa shape index (κ2) is 7.97. The summed E-state index contributed by atoms with van der Waals surface area (Å²) in [6, 6.07) is 12.0. The predicted molar refractivity (Wildman–Crippen MR) is 104 cm³/mol. The van der Waals surface area contributed by atoms with Crippen LogP contribution in [0.1, 0.15) is 5.69 Å². The number of carbonyl (C=O) groups is 1. The number of hydrogen-bond donors (Lipinski definition) is 0. The Kier molecular flexibility index (Phi) is 5.07. The quantitative estimate of drug-likeness (QED) is 0.364. The third-order valence-corrected chi connectivity index (χ3v) is 4.14. The van der Waals surface area contributed by atoms with Gasteiger partial charge >= 0.3 is 5.97 Å². The molecule has 0 N–H and O–H groups in total. The molecule has 4 rings (SSSR count). The second-order valence-corrected chi connectivity index (χ2v) is 6.05. The lowest BCUT2D eigenvalue weighted by atomic mass is 10.2. The van der Waals surface area contributed by atoms with E-state index in [4.69, 9.17) is 18.6 Å². The lowest BCUT2D eigenvalue weighted by Gasteiger charge is -2.10. The van der Waals surface area contributed by atoms with E-state index in [2.05, 4.69) is 15.0 Å². The van der Waals surface area contributed by atoms with Crippen molar-refractivity contribution in [3.63, 3.8) is 0 Å². The molecule has 0 aliphatic rings. The van der Waals surface area contributed by atoms with Gasteiger partial charge in [0.25, 0.3) is 0 Å². The van der Waals surface area contributed by atoms with Gasteiger partial charge in [-0.25, -0.2) is 4.98 Å². The van der Waals surface area contributed by atoms with Gasteiger partial charge < -0.3 is 18.6 Å². The minimum atomic E-state index is -0.457. The zero-order valence-electron chi connectivity index (χ0n) is 15.8. The van der Waals surface area contributed by atoms with Crippen molar-refractivity contribution < 1.29 is 23.4 Å². The number of rotatable bonds is 6. The molecule has 0 aliphatic carbocycles. The molecule has 0 unspecified atom stereocenters. The molecule has 0 saturated carbocycles. The van der Waals surface area contributed by atoms with Gasteiger partial charge in [0.1, 0.15) is 5.75 Å². The molecular formula is C21H17N3O5. The van der Waals surface area contributed by atoms with Crippen LogP contribution in [0.15, 0.2) is 59.3 Å². The van der Waals surface area contributed by atoms with Crippen LogP contribution in [-0.4, -0.2) is 35.1 Å². The number of ether oxygens (including phenoxy) is 3. The fourth-order valence-corrected chi connectivity index (χ4v) is 2.80. The Balaban J connectivity index is 1.49. The standard InChI is InChI=1S/C21H17N3O5/c1-26-16-6-5-15(12-18(16)27-2)28-19(25)11-14-10-13(7-9-22-14)21-24-20-17(29-21)4-3-8-23-20/h3-10,12H,11H2,1-2H3. The van der Waals surface area contributed by atoms with E-state index in [0.717, 1.165) is 0 Å². The van der Waals surface area contributed by atoms with Crippen LogP contribution in [-0.2, 0) is 11.2 Å². The smallest absolute Gasteiger partial charge is 0.317 e. The molecule has 0 atom stereocenters. The van der Waals surface area contributed by atoms with Gasteiger partial charge in [-0.1, -0.05) is 0 Å². The zero-order valence-corrected chi connectivity index (χ0v) is 15.8. The number of esters is 1. The molecule has 0 amide bonds. The number of pyridine rings is 2. The first-order valence-electron chi connectivity index (χ1n) is 8.76. The van der Waals surface area contributed by atoms with Crippen LogP contribution >= 0.6 is 0 Å². The highest BCUT2D eigenvalue weighted by atomic mass is 16.5. The Bertz CT molecular complexity index is 1140. The normalized spacial score (nSPS) is 10.7. The lowest BCUT2D eigenvalue weighted by molar-refractivity contribution is -0.133. The number of aromatic nitrogens is 3. The number of methoxy groups -OCH3 is 2. The molecule has 8 heteroatoms. The summed E-state index contributed by atoms with van der Waals surface area (Å²) in [7, 11) is 3.05. The molecule has 3 aromatic heterocycles. The highest BCUT2D eigenvalue weighted by molar-refractivity contribution is 5.76. The molecule has 0 spiro atoms. The number of oxazole rings is 1. The van der Waals surface area contributed by atoms with Crippen LogP contribution in [0.3, 0.4) is 0 Å². The summed E-state index contributed by atoms with van der Waals surface area (Å²) >= 11 is 0. The number of carbonyl (C=O) groups excluding carboxylic acids is 1. The maximum absolute atomic E-state index is 12.3. The van der Waals surface area contributed by atoms with Gasteiger partial charge in [0.2, 0.25) is 5.89 Å². The average Bonchev–Trinajstić information content (AvgIpc) is 3.18. The van der Waals surface area contributed by atoms with Gasteiger partial charge in [-0.05, 0) is 36.4 Å². The summed E-state index contributed by atoms with van der Waals surface area (Å²) in [4.78, 5) is 25.1. The summed E-state index contributed by atoms with van der Waals surface area (Å²) in [6.45, 7) is 0. The lowest BCUT2D eigenvalue weighted by Crippen LogP contribution is -2.12. The van der Waals surface area contributed by atoms with Crippen molar-refractivity contribution in [3.8, 4) is 28.7 Å². The third-order valence-electron chi connectivity index (χ3n) is 4.14. The Morgan fingerprint density at radius 3 is 2.66 bits per heavy atom. The predicted octanol–water partition coefficient (Wildman–Crippen LogP) is 3.45. The number of hydrogen-bond acceptors (Lipinski definition) is 8. The number of fused-ring (bicyclic) bond motifs is 1. The minimum Gasteiger partial charge on any atom is -0.493 e. The molecule has 3 heterocycles. The largest absolute Gasteiger partial charge is 0.493 e. The van der Waals surface area contributed by atoms with Crippen molar-refractivity contribution in [2.75, 3.05) is 14.2 Å². The molecule has 1 aromatic carbocycles. The van der Waals surface area contributed by atoms with Crippen LogP contribution in [0, 0.1) is 0 Å². The first-order valence-corrected chi connectivity index (χ1v) is 8.76. The molecule has 29 heavy (non-hydrogen) atoms. The first kappa shape index (κ1) is 18.4. The van der Waals surface area contributed by atoms with Gasteiger partial charge in [0.05, 0.1) is 26.3 Å².